The van der Waals surface area contributed by atoms with E-state index in [1.165, 1.54) is 17.5 Å². The maximum Gasteiger partial charge on any atom is 0.256 e. The highest BCUT2D eigenvalue weighted by molar-refractivity contribution is 7.98. The largest absolute Gasteiger partial charge is 0.301 e. The zero-order chi connectivity index (χ0) is 15.0. The van der Waals surface area contributed by atoms with Crippen LogP contribution >= 0.6 is 11.8 Å². The van der Waals surface area contributed by atoms with Gasteiger partial charge in [-0.25, -0.2) is 4.98 Å². The van der Waals surface area contributed by atoms with Gasteiger partial charge in [-0.3, -0.25) is 14.4 Å². The molecule has 1 aliphatic rings. The van der Waals surface area contributed by atoms with Gasteiger partial charge in [0.25, 0.3) is 5.56 Å². The van der Waals surface area contributed by atoms with Gasteiger partial charge in [-0.1, -0.05) is 11.8 Å². The lowest BCUT2D eigenvalue weighted by molar-refractivity contribution is 0.235. The Morgan fingerprint density at radius 3 is 2.95 bits per heavy atom. The van der Waals surface area contributed by atoms with Gasteiger partial charge in [0.1, 0.15) is 0 Å². The highest BCUT2D eigenvalue weighted by atomic mass is 32.2. The van der Waals surface area contributed by atoms with E-state index < -0.39 is 0 Å². The molecule has 0 unspecified atom stereocenters. The van der Waals surface area contributed by atoms with Gasteiger partial charge >= 0.3 is 0 Å². The molecule has 6 nitrogen and oxygen atoms in total. The lowest BCUT2D eigenvalue weighted by atomic mass is 10.1. The van der Waals surface area contributed by atoms with Crippen molar-refractivity contribution in [1.29, 1.82) is 0 Å². The molecular weight excluding hydrogens is 286 g/mol. The molecule has 0 amide bonds. The minimum Gasteiger partial charge on any atom is -0.301 e. The maximum absolute atomic E-state index is 12.2. The van der Waals surface area contributed by atoms with Gasteiger partial charge in [0, 0.05) is 33.1 Å². The van der Waals surface area contributed by atoms with Crippen LogP contribution in [0.2, 0.25) is 0 Å². The summed E-state index contributed by atoms with van der Waals surface area (Å²) in [6.07, 6.45) is 2.74. The van der Waals surface area contributed by atoms with Crippen molar-refractivity contribution in [2.75, 3.05) is 12.8 Å². The number of nitrogens with zero attached hydrogens (tertiary/aromatic N) is 4. The summed E-state index contributed by atoms with van der Waals surface area (Å²) in [6.45, 7) is 4.37. The molecule has 3 rings (SSSR count). The van der Waals surface area contributed by atoms with Crippen LogP contribution in [0.15, 0.2) is 16.0 Å². The number of aryl methyl sites for hydroxylation is 2. The molecule has 7 heteroatoms. The van der Waals surface area contributed by atoms with Gasteiger partial charge in [-0.2, -0.15) is 5.10 Å². The highest BCUT2D eigenvalue weighted by Crippen LogP contribution is 2.18. The van der Waals surface area contributed by atoms with Crippen LogP contribution in [0.4, 0.5) is 0 Å². The lowest BCUT2D eigenvalue weighted by Crippen LogP contribution is -2.35. The summed E-state index contributed by atoms with van der Waals surface area (Å²) in [5.74, 6) is 0. The zero-order valence-corrected chi connectivity index (χ0v) is 13.3. The van der Waals surface area contributed by atoms with Crippen LogP contribution in [0.1, 0.15) is 22.6 Å². The summed E-state index contributed by atoms with van der Waals surface area (Å²) in [5.41, 5.74) is 3.93. The number of aromatic nitrogens is 4. The molecule has 0 saturated carbocycles. The second-order valence-corrected chi connectivity index (χ2v) is 6.16. The normalized spacial score (nSPS) is 15.2. The van der Waals surface area contributed by atoms with Crippen molar-refractivity contribution < 1.29 is 0 Å². The monoisotopic (exact) mass is 305 g/mol. The number of fused-ring (bicyclic) bond motifs is 1. The Hall–Kier alpha value is -1.60. The number of hydrogen-bond acceptors (Lipinski definition) is 5. The first-order valence-electron chi connectivity index (χ1n) is 6.94. The van der Waals surface area contributed by atoms with Crippen molar-refractivity contribution in [3.05, 3.63) is 39.1 Å². The Kier molecular flexibility index (Phi) is 3.86. The molecule has 21 heavy (non-hydrogen) atoms. The Morgan fingerprint density at radius 1 is 1.48 bits per heavy atom. The standard InChI is InChI=1S/C14H19N5OS/c1-9-6-10(18(2)17-9)7-19-5-4-12-11(8-19)13(20)16-14(15-12)21-3/h6H,4-5,7-8H2,1-3H3,(H,15,16,20). The molecule has 3 heterocycles. The number of H-pyrrole nitrogens is 1. The second-order valence-electron chi connectivity index (χ2n) is 5.36. The fraction of sp³-hybridized carbons (Fsp3) is 0.500. The predicted molar refractivity (Wildman–Crippen MR) is 82.4 cm³/mol. The van der Waals surface area contributed by atoms with Gasteiger partial charge in [0.05, 0.1) is 22.6 Å². The van der Waals surface area contributed by atoms with E-state index in [0.29, 0.717) is 11.7 Å². The molecule has 0 bridgehead atoms. The third kappa shape index (κ3) is 2.89. The van der Waals surface area contributed by atoms with Crippen LogP contribution in [0.25, 0.3) is 0 Å². The minimum absolute atomic E-state index is 0.00441. The number of rotatable bonds is 3. The molecule has 0 aliphatic carbocycles. The Balaban J connectivity index is 1.81. The van der Waals surface area contributed by atoms with Crippen molar-refractivity contribution in [3.63, 3.8) is 0 Å². The lowest BCUT2D eigenvalue weighted by Gasteiger charge is -2.27. The van der Waals surface area contributed by atoms with E-state index >= 15 is 0 Å². The van der Waals surface area contributed by atoms with Gasteiger partial charge in [-0.15, -0.1) is 0 Å². The minimum atomic E-state index is -0.00441. The quantitative estimate of drug-likeness (QED) is 0.679. The number of thioether (sulfide) groups is 1. The smallest absolute Gasteiger partial charge is 0.256 e. The molecule has 1 aliphatic heterocycles. The van der Waals surface area contributed by atoms with Crippen LogP contribution < -0.4 is 5.56 Å². The fourth-order valence-electron chi connectivity index (χ4n) is 2.73. The maximum atomic E-state index is 12.2. The summed E-state index contributed by atoms with van der Waals surface area (Å²) in [4.78, 5) is 21.8. The van der Waals surface area contributed by atoms with E-state index in [1.807, 2.05) is 24.9 Å². The third-order valence-electron chi connectivity index (χ3n) is 3.80. The van der Waals surface area contributed by atoms with Gasteiger partial charge in [-0.05, 0) is 19.2 Å². The summed E-state index contributed by atoms with van der Waals surface area (Å²) >= 11 is 1.47. The number of nitrogens with one attached hydrogen (secondary N) is 1. The van der Waals surface area contributed by atoms with Crippen molar-refractivity contribution in [3.8, 4) is 0 Å². The molecule has 0 aromatic carbocycles. The predicted octanol–water partition coefficient (Wildman–Crippen LogP) is 1.09. The zero-order valence-electron chi connectivity index (χ0n) is 12.5. The first-order chi connectivity index (χ1) is 10.1. The average molecular weight is 305 g/mol. The van der Waals surface area contributed by atoms with Crippen LogP contribution in [0.3, 0.4) is 0 Å². The molecule has 0 radical (unpaired) electrons. The van der Waals surface area contributed by atoms with E-state index in [9.17, 15) is 4.79 Å². The Labute approximate surface area is 127 Å². The fourth-order valence-corrected chi connectivity index (χ4v) is 3.13. The molecule has 112 valence electrons. The highest BCUT2D eigenvalue weighted by Gasteiger charge is 2.21. The topological polar surface area (TPSA) is 66.8 Å². The molecule has 0 spiro atoms. The number of hydrogen-bond donors (Lipinski definition) is 1. The van der Waals surface area contributed by atoms with Crippen molar-refractivity contribution in [2.24, 2.45) is 7.05 Å². The summed E-state index contributed by atoms with van der Waals surface area (Å²) in [5, 5.41) is 5.07. The van der Waals surface area contributed by atoms with E-state index in [1.54, 1.807) is 0 Å². The SMILES string of the molecule is CSc1nc2c(c(=O)[nH]1)CN(Cc1cc(C)nn1C)CC2. The van der Waals surface area contributed by atoms with Crippen LogP contribution in [-0.4, -0.2) is 37.4 Å². The molecule has 2 aromatic heterocycles. The Morgan fingerprint density at radius 2 is 2.29 bits per heavy atom. The average Bonchev–Trinajstić information content (AvgIpc) is 2.77. The molecule has 1 N–H and O–H groups in total. The Bertz CT molecular complexity index is 721. The molecular formula is C14H19N5OS. The van der Waals surface area contributed by atoms with Gasteiger partial charge in [0.15, 0.2) is 5.16 Å². The molecule has 0 fully saturated rings. The van der Waals surface area contributed by atoms with Crippen LogP contribution in [0, 0.1) is 6.92 Å². The first-order valence-corrected chi connectivity index (χ1v) is 8.17. The van der Waals surface area contributed by atoms with E-state index in [4.69, 9.17) is 0 Å². The molecule has 0 saturated heterocycles. The summed E-state index contributed by atoms with van der Waals surface area (Å²) < 4.78 is 1.91. The summed E-state index contributed by atoms with van der Waals surface area (Å²) in [7, 11) is 1.96. The first kappa shape index (κ1) is 14.3. The van der Waals surface area contributed by atoms with E-state index in [-0.39, 0.29) is 5.56 Å². The second kappa shape index (κ2) is 5.65. The van der Waals surface area contributed by atoms with Crippen molar-refractivity contribution >= 4 is 11.8 Å². The molecule has 0 atom stereocenters. The van der Waals surface area contributed by atoms with Gasteiger partial charge < -0.3 is 4.98 Å². The number of aromatic amines is 1. The van der Waals surface area contributed by atoms with Crippen molar-refractivity contribution in [2.45, 2.75) is 31.6 Å². The molecule has 2 aromatic rings. The van der Waals surface area contributed by atoms with E-state index in [2.05, 4.69) is 26.0 Å². The van der Waals surface area contributed by atoms with E-state index in [0.717, 1.165) is 36.5 Å². The third-order valence-corrected chi connectivity index (χ3v) is 4.38. The summed E-state index contributed by atoms with van der Waals surface area (Å²) in [6, 6.07) is 2.09. The van der Waals surface area contributed by atoms with Gasteiger partial charge in [0.2, 0.25) is 0 Å². The van der Waals surface area contributed by atoms with Crippen LogP contribution in [-0.2, 0) is 26.6 Å². The van der Waals surface area contributed by atoms with Crippen LogP contribution in [0.5, 0.6) is 0 Å². The van der Waals surface area contributed by atoms with Crippen molar-refractivity contribution in [1.82, 2.24) is 24.6 Å².